The van der Waals surface area contributed by atoms with E-state index in [2.05, 4.69) is 13.2 Å². The molecule has 0 aliphatic heterocycles. The molecule has 25 valence electrons. The van der Waals surface area contributed by atoms with E-state index in [1.165, 1.54) is 0 Å². The zero-order chi connectivity index (χ0) is 2.00. The third-order valence-electron chi connectivity index (χ3n) is 0. The van der Waals surface area contributed by atoms with Crippen molar-refractivity contribution in [1.29, 1.82) is 0 Å². The first-order chi connectivity index (χ1) is 1.00. The Morgan fingerprint density at radius 2 is 1.25 bits per heavy atom. The Morgan fingerprint density at radius 3 is 1.25 bits per heavy atom. The summed E-state index contributed by atoms with van der Waals surface area (Å²) in [6.07, 6.45) is 0. The second kappa shape index (κ2) is 51.3. The Morgan fingerprint density at radius 1 is 1.25 bits per heavy atom. The fourth-order valence-electron chi connectivity index (χ4n) is 0. The standard InChI is InChI=1S/C2H3.BrH.Mn/c1-2;;/h1H,2H2;1H;/q-1;;+2/p-1. The third-order valence-corrected chi connectivity index (χ3v) is 0. The average Bonchev–Trinajstić information content (AvgIpc) is 1.00. The molecule has 0 atom stereocenters. The quantitative estimate of drug-likeness (QED) is 0.275. The van der Waals surface area contributed by atoms with E-state index in [0.29, 0.717) is 0 Å². The first kappa shape index (κ1) is 21.9. The van der Waals surface area contributed by atoms with Crippen LogP contribution in [0.3, 0.4) is 0 Å². The van der Waals surface area contributed by atoms with Crippen LogP contribution in [0.4, 0.5) is 0 Å². The van der Waals surface area contributed by atoms with Gasteiger partial charge in [-0.15, -0.1) is 0 Å². The van der Waals surface area contributed by atoms with Gasteiger partial charge in [-0.25, -0.2) is 0 Å². The summed E-state index contributed by atoms with van der Waals surface area (Å²) in [5, 5.41) is 0. The fraction of sp³-hybridized carbons (Fsp3) is 0. The molecule has 0 fully saturated rings. The van der Waals surface area contributed by atoms with E-state index in [1.54, 1.807) is 0 Å². The fourth-order valence-corrected chi connectivity index (χ4v) is 0. The Hall–Kier alpha value is 0.739. The summed E-state index contributed by atoms with van der Waals surface area (Å²) in [6.45, 7) is 7.00. The van der Waals surface area contributed by atoms with Crippen LogP contribution in [0.2, 0.25) is 0 Å². The van der Waals surface area contributed by atoms with Crippen molar-refractivity contribution >= 4 is 0 Å². The molecule has 0 aliphatic rings. The molecule has 0 aromatic carbocycles. The third kappa shape index (κ3) is 15.2. The van der Waals surface area contributed by atoms with E-state index in [1.807, 2.05) is 0 Å². The second-order valence-electron chi connectivity index (χ2n) is 0. The van der Waals surface area contributed by atoms with E-state index in [4.69, 9.17) is 0 Å². The molecule has 0 aromatic heterocycles. The average molecular weight is 162 g/mol. The van der Waals surface area contributed by atoms with Crippen LogP contribution >= 0.6 is 0 Å². The van der Waals surface area contributed by atoms with Crippen molar-refractivity contribution < 1.29 is 34.1 Å². The van der Waals surface area contributed by atoms with Gasteiger partial charge in [0.05, 0.1) is 0 Å². The summed E-state index contributed by atoms with van der Waals surface area (Å²) in [5.74, 6) is 0. The summed E-state index contributed by atoms with van der Waals surface area (Å²) in [5.41, 5.74) is 0. The van der Waals surface area contributed by atoms with E-state index < -0.39 is 0 Å². The Kier molecular flexibility index (Phi) is 281. The molecule has 0 N–H and O–H groups in total. The van der Waals surface area contributed by atoms with E-state index >= 15 is 0 Å². The molecule has 0 rings (SSSR count). The molecule has 0 aromatic rings. The van der Waals surface area contributed by atoms with Crippen LogP contribution in [-0.4, -0.2) is 0 Å². The van der Waals surface area contributed by atoms with Crippen molar-refractivity contribution in [3.8, 4) is 0 Å². The van der Waals surface area contributed by atoms with Gasteiger partial charge in [0, 0.05) is 0 Å². The van der Waals surface area contributed by atoms with E-state index in [0.717, 1.165) is 0 Å². The van der Waals surface area contributed by atoms with Crippen molar-refractivity contribution in [2.45, 2.75) is 0 Å². The van der Waals surface area contributed by atoms with Gasteiger partial charge in [0.25, 0.3) is 0 Å². The Balaban J connectivity index is -0.00000000500. The van der Waals surface area contributed by atoms with Crippen LogP contribution in [0.25, 0.3) is 0 Å². The maximum Gasteiger partial charge on any atom is 2.00 e. The molecule has 2 heteroatoms. The van der Waals surface area contributed by atoms with Crippen molar-refractivity contribution in [2.24, 2.45) is 0 Å². The topological polar surface area (TPSA) is 0 Å². The van der Waals surface area contributed by atoms with E-state index in [9.17, 15) is 0 Å². The van der Waals surface area contributed by atoms with Gasteiger partial charge in [0.1, 0.15) is 0 Å². The number of halogens is 1. The molecule has 0 spiro atoms. The zero-order valence-electron chi connectivity index (χ0n) is 2.04. The summed E-state index contributed by atoms with van der Waals surface area (Å²) < 4.78 is 0. The monoisotopic (exact) mass is 161 g/mol. The number of rotatable bonds is 0. The molecule has 1 radical (unpaired) electrons. The predicted molar refractivity (Wildman–Crippen MR) is 9.93 cm³/mol. The van der Waals surface area contributed by atoms with Crippen molar-refractivity contribution in [2.75, 3.05) is 0 Å². The molecular formula is C2H3BrMn. The summed E-state index contributed by atoms with van der Waals surface area (Å²) in [6, 6.07) is 0. The molecule has 0 heterocycles. The molecule has 0 saturated heterocycles. The normalized spacial score (nSPS) is 1.00. The largest absolute Gasteiger partial charge is 2.00 e. The van der Waals surface area contributed by atoms with Crippen LogP contribution < -0.4 is 17.0 Å². The van der Waals surface area contributed by atoms with Crippen LogP contribution in [0.15, 0.2) is 6.58 Å². The van der Waals surface area contributed by atoms with Crippen LogP contribution in [0.5, 0.6) is 0 Å². The van der Waals surface area contributed by atoms with Gasteiger partial charge < -0.3 is 23.6 Å². The molecular weight excluding hydrogens is 159 g/mol. The van der Waals surface area contributed by atoms with Gasteiger partial charge in [-0.05, 0) is 0 Å². The van der Waals surface area contributed by atoms with Gasteiger partial charge in [0.15, 0.2) is 0 Å². The minimum absolute atomic E-state index is 0. The van der Waals surface area contributed by atoms with Gasteiger partial charge in [-0.3, -0.25) is 6.58 Å². The maximum absolute atomic E-state index is 4.25. The van der Waals surface area contributed by atoms with Crippen LogP contribution in [0, 0.1) is 6.58 Å². The minimum Gasteiger partial charge on any atom is -1.00 e. The Labute approximate surface area is 47.5 Å². The number of hydrogen-bond donors (Lipinski definition) is 0. The predicted octanol–water partition coefficient (Wildman–Crippen LogP) is -2.39. The maximum atomic E-state index is 4.25. The molecule has 0 nitrogen and oxygen atoms in total. The smallest absolute Gasteiger partial charge is 1.00 e. The van der Waals surface area contributed by atoms with E-state index in [-0.39, 0.29) is 34.1 Å². The van der Waals surface area contributed by atoms with Gasteiger partial charge in [-0.1, -0.05) is 0 Å². The van der Waals surface area contributed by atoms with Crippen LogP contribution in [0.1, 0.15) is 0 Å². The Bertz CT molecular complexity index is 6.00. The van der Waals surface area contributed by atoms with Gasteiger partial charge >= 0.3 is 17.1 Å². The van der Waals surface area contributed by atoms with Crippen molar-refractivity contribution in [1.82, 2.24) is 0 Å². The molecule has 0 amide bonds. The summed E-state index contributed by atoms with van der Waals surface area (Å²) >= 11 is 0. The second-order valence-corrected chi connectivity index (χ2v) is 0. The first-order valence-corrected chi connectivity index (χ1v) is 0.408. The molecule has 0 bridgehead atoms. The van der Waals surface area contributed by atoms with Crippen LogP contribution in [-0.2, 0) is 17.1 Å². The summed E-state index contributed by atoms with van der Waals surface area (Å²) in [7, 11) is 0. The molecule has 0 aliphatic carbocycles. The minimum atomic E-state index is 0. The van der Waals surface area contributed by atoms with Gasteiger partial charge in [-0.2, -0.15) is 0 Å². The van der Waals surface area contributed by atoms with Crippen molar-refractivity contribution in [3.63, 3.8) is 0 Å². The molecule has 0 saturated carbocycles. The zero-order valence-corrected chi connectivity index (χ0v) is 4.81. The summed E-state index contributed by atoms with van der Waals surface area (Å²) in [4.78, 5) is 0. The number of hydrogen-bond acceptors (Lipinski definition) is 0. The molecule has 4 heavy (non-hydrogen) atoms. The molecule has 0 unspecified atom stereocenters. The van der Waals surface area contributed by atoms with Gasteiger partial charge in [0.2, 0.25) is 0 Å². The van der Waals surface area contributed by atoms with Crippen molar-refractivity contribution in [3.05, 3.63) is 13.2 Å². The first-order valence-electron chi connectivity index (χ1n) is 0.408. The SMILES string of the molecule is [Br-].[CH-]=C.[Mn+2].